The van der Waals surface area contributed by atoms with E-state index in [9.17, 15) is 0 Å². The Bertz CT molecular complexity index is 377. The fourth-order valence-corrected chi connectivity index (χ4v) is 1.98. The molecule has 4 heteroatoms. The number of nitrogens with one attached hydrogen (secondary N) is 1. The van der Waals surface area contributed by atoms with E-state index in [-0.39, 0.29) is 12.4 Å². The lowest BCUT2D eigenvalue weighted by Crippen LogP contribution is -2.36. The maximum Gasteiger partial charge on any atom is 0.203 e. The minimum Gasteiger partial charge on any atom is -0.449 e. The second-order valence-electron chi connectivity index (χ2n) is 4.65. The maximum atomic E-state index is 8.59. The van der Waals surface area contributed by atoms with Gasteiger partial charge in [0.15, 0.2) is 0 Å². The number of rotatable bonds is 4. The molecular weight excluding hydrogens is 224 g/mol. The first-order chi connectivity index (χ1) is 7.22. The minimum absolute atomic E-state index is 0. The molecule has 0 aliphatic heterocycles. The van der Waals surface area contributed by atoms with Crippen molar-refractivity contribution in [2.24, 2.45) is 5.41 Å². The van der Waals surface area contributed by atoms with Crippen molar-refractivity contribution in [3.8, 4) is 6.07 Å². The summed E-state index contributed by atoms with van der Waals surface area (Å²) < 4.78 is 5.28. The van der Waals surface area contributed by atoms with Crippen molar-refractivity contribution in [2.75, 3.05) is 6.54 Å². The molecule has 3 nitrogen and oxygen atoms in total. The Morgan fingerprint density at radius 3 is 2.75 bits per heavy atom. The number of hydrogen-bond donors (Lipinski definition) is 1. The summed E-state index contributed by atoms with van der Waals surface area (Å²) in [5.41, 5.74) is 0.491. The van der Waals surface area contributed by atoms with Crippen LogP contribution in [0.15, 0.2) is 16.5 Å². The van der Waals surface area contributed by atoms with Crippen molar-refractivity contribution in [1.29, 1.82) is 5.26 Å². The van der Waals surface area contributed by atoms with Crippen LogP contribution in [0.5, 0.6) is 0 Å². The molecule has 1 aliphatic rings. The van der Waals surface area contributed by atoms with Crippen LogP contribution in [0, 0.1) is 16.7 Å². The van der Waals surface area contributed by atoms with Crippen LogP contribution in [0.1, 0.15) is 37.7 Å². The minimum atomic E-state index is 0. The second kappa shape index (κ2) is 5.38. The molecule has 1 aromatic rings. The molecule has 0 amide bonds. The van der Waals surface area contributed by atoms with Gasteiger partial charge in [0.05, 0.1) is 6.54 Å². The van der Waals surface area contributed by atoms with Crippen molar-refractivity contribution in [3.05, 3.63) is 23.7 Å². The van der Waals surface area contributed by atoms with Crippen molar-refractivity contribution in [3.63, 3.8) is 0 Å². The van der Waals surface area contributed by atoms with Gasteiger partial charge >= 0.3 is 0 Å². The maximum absolute atomic E-state index is 8.59. The summed E-state index contributed by atoms with van der Waals surface area (Å²) in [6, 6.07) is 5.55. The molecule has 0 radical (unpaired) electrons. The fraction of sp³-hybridized carbons (Fsp3) is 0.583. The van der Waals surface area contributed by atoms with Gasteiger partial charge < -0.3 is 9.73 Å². The molecule has 0 unspecified atom stereocenters. The van der Waals surface area contributed by atoms with Crippen molar-refractivity contribution < 1.29 is 4.42 Å². The Hall–Kier alpha value is -0.980. The van der Waals surface area contributed by atoms with Gasteiger partial charge in [-0.1, -0.05) is 13.3 Å². The molecule has 1 heterocycles. The third kappa shape index (κ3) is 3.01. The predicted molar refractivity (Wildman–Crippen MR) is 64.3 cm³/mol. The summed E-state index contributed by atoms with van der Waals surface area (Å²) in [6.45, 7) is 4.07. The summed E-state index contributed by atoms with van der Waals surface area (Å²) in [4.78, 5) is 0. The molecule has 0 aromatic carbocycles. The zero-order chi connectivity index (χ0) is 10.7. The Labute approximate surface area is 102 Å². The second-order valence-corrected chi connectivity index (χ2v) is 4.65. The molecule has 1 aromatic heterocycles. The number of hydrogen-bond acceptors (Lipinski definition) is 3. The van der Waals surface area contributed by atoms with Gasteiger partial charge in [0.2, 0.25) is 5.76 Å². The zero-order valence-electron chi connectivity index (χ0n) is 9.45. The van der Waals surface area contributed by atoms with Gasteiger partial charge in [-0.15, -0.1) is 12.4 Å². The molecule has 2 rings (SSSR count). The summed E-state index contributed by atoms with van der Waals surface area (Å²) in [5.74, 6) is 1.23. The van der Waals surface area contributed by atoms with Gasteiger partial charge in [0, 0.05) is 6.54 Å². The van der Waals surface area contributed by atoms with Gasteiger partial charge in [0.1, 0.15) is 11.8 Å². The van der Waals surface area contributed by atoms with Crippen LogP contribution >= 0.6 is 12.4 Å². The predicted octanol–water partition coefficient (Wildman–Crippen LogP) is 2.85. The zero-order valence-corrected chi connectivity index (χ0v) is 10.3. The van der Waals surface area contributed by atoms with Crippen molar-refractivity contribution in [2.45, 2.75) is 32.7 Å². The SMILES string of the molecule is CC1(CNCc2ccc(C#N)o2)CCC1.Cl. The first kappa shape index (κ1) is 13.1. The molecule has 16 heavy (non-hydrogen) atoms. The average Bonchev–Trinajstić information content (AvgIpc) is 2.63. The van der Waals surface area contributed by atoms with Gasteiger partial charge in [-0.25, -0.2) is 0 Å². The molecule has 1 fully saturated rings. The smallest absolute Gasteiger partial charge is 0.203 e. The van der Waals surface area contributed by atoms with E-state index in [1.807, 2.05) is 12.1 Å². The first-order valence-electron chi connectivity index (χ1n) is 5.41. The van der Waals surface area contributed by atoms with E-state index in [4.69, 9.17) is 9.68 Å². The Kier molecular flexibility index (Phi) is 4.40. The lowest BCUT2D eigenvalue weighted by atomic mass is 9.70. The lowest BCUT2D eigenvalue weighted by Gasteiger charge is -2.38. The molecule has 0 saturated heterocycles. The fourth-order valence-electron chi connectivity index (χ4n) is 1.98. The largest absolute Gasteiger partial charge is 0.449 e. The van der Waals surface area contributed by atoms with Crippen molar-refractivity contribution >= 4 is 12.4 Å². The Morgan fingerprint density at radius 2 is 2.25 bits per heavy atom. The third-order valence-electron chi connectivity index (χ3n) is 3.18. The van der Waals surface area contributed by atoms with E-state index in [1.54, 1.807) is 6.07 Å². The first-order valence-corrected chi connectivity index (χ1v) is 5.41. The van der Waals surface area contributed by atoms with Crippen LogP contribution in [-0.2, 0) is 6.54 Å². The normalized spacial score (nSPS) is 17.0. The highest BCUT2D eigenvalue weighted by Gasteiger charge is 2.30. The molecular formula is C12H17ClN2O. The van der Waals surface area contributed by atoms with E-state index in [0.717, 1.165) is 18.8 Å². The highest BCUT2D eigenvalue weighted by Crippen LogP contribution is 2.39. The number of nitrogens with zero attached hydrogens (tertiary/aromatic N) is 1. The van der Waals surface area contributed by atoms with E-state index in [0.29, 0.717) is 11.2 Å². The topological polar surface area (TPSA) is 49.0 Å². The molecule has 1 N–H and O–H groups in total. The van der Waals surface area contributed by atoms with Crippen LogP contribution in [0.2, 0.25) is 0 Å². The van der Waals surface area contributed by atoms with E-state index in [1.165, 1.54) is 19.3 Å². The van der Waals surface area contributed by atoms with Crippen LogP contribution in [0.3, 0.4) is 0 Å². The molecule has 0 bridgehead atoms. The van der Waals surface area contributed by atoms with Crippen LogP contribution in [0.4, 0.5) is 0 Å². The summed E-state index contributed by atoms with van der Waals surface area (Å²) in [7, 11) is 0. The number of halogens is 1. The highest BCUT2D eigenvalue weighted by molar-refractivity contribution is 5.85. The van der Waals surface area contributed by atoms with Crippen LogP contribution < -0.4 is 5.32 Å². The van der Waals surface area contributed by atoms with Gasteiger partial charge in [-0.05, 0) is 30.4 Å². The molecule has 1 saturated carbocycles. The monoisotopic (exact) mass is 240 g/mol. The van der Waals surface area contributed by atoms with E-state index in [2.05, 4.69) is 12.2 Å². The van der Waals surface area contributed by atoms with E-state index >= 15 is 0 Å². The van der Waals surface area contributed by atoms with Gasteiger partial charge in [-0.3, -0.25) is 0 Å². The quantitative estimate of drug-likeness (QED) is 0.881. The summed E-state index contributed by atoms with van der Waals surface area (Å²) >= 11 is 0. The van der Waals surface area contributed by atoms with Gasteiger partial charge in [-0.2, -0.15) is 5.26 Å². The highest BCUT2D eigenvalue weighted by atomic mass is 35.5. The van der Waals surface area contributed by atoms with Crippen LogP contribution in [0.25, 0.3) is 0 Å². The number of nitriles is 1. The van der Waals surface area contributed by atoms with E-state index < -0.39 is 0 Å². The third-order valence-corrected chi connectivity index (χ3v) is 3.18. The lowest BCUT2D eigenvalue weighted by molar-refractivity contribution is 0.155. The number of furan rings is 1. The average molecular weight is 241 g/mol. The molecule has 0 atom stereocenters. The molecule has 0 spiro atoms. The Morgan fingerprint density at radius 1 is 1.50 bits per heavy atom. The molecule has 1 aliphatic carbocycles. The molecule has 88 valence electrons. The summed E-state index contributed by atoms with van der Waals surface area (Å²) in [5, 5.41) is 12.0. The van der Waals surface area contributed by atoms with Gasteiger partial charge in [0.25, 0.3) is 0 Å². The standard InChI is InChI=1S/C12H16N2O.ClH/c1-12(5-2-6-12)9-14-8-11-4-3-10(7-13)15-11;/h3-4,14H,2,5-6,8-9H2,1H3;1H. The Balaban J connectivity index is 0.00000128. The van der Waals surface area contributed by atoms with Crippen LogP contribution in [-0.4, -0.2) is 6.54 Å². The summed E-state index contributed by atoms with van der Waals surface area (Å²) in [6.07, 6.45) is 4.00. The van der Waals surface area contributed by atoms with Crippen molar-refractivity contribution in [1.82, 2.24) is 5.32 Å².